The Bertz CT molecular complexity index is 453. The summed E-state index contributed by atoms with van der Waals surface area (Å²) in [6.07, 6.45) is 6.17. The third-order valence-corrected chi connectivity index (χ3v) is 3.04. The maximum atomic E-state index is 11.5. The third-order valence-electron chi connectivity index (χ3n) is 2.63. The number of carbonyl (C=O) groups excluding carboxylic acids is 1. The van der Waals surface area contributed by atoms with Gasteiger partial charge in [0.2, 0.25) is 0 Å². The lowest BCUT2D eigenvalue weighted by Crippen LogP contribution is -2.23. The number of benzene rings is 1. The largest absolute Gasteiger partial charge is 0.323 e. The fourth-order valence-electron chi connectivity index (χ4n) is 1.39. The minimum Gasteiger partial charge on any atom is -0.315 e. The van der Waals surface area contributed by atoms with Crippen LogP contribution in [-0.2, 0) is 0 Å². The van der Waals surface area contributed by atoms with Crippen molar-refractivity contribution in [1.82, 2.24) is 5.32 Å². The van der Waals surface area contributed by atoms with Crippen molar-refractivity contribution >= 4 is 23.3 Å². The number of aryl methyl sites for hydroxylation is 1. The maximum absolute atomic E-state index is 11.5. The normalized spacial score (nSPS) is 14.9. The fourth-order valence-corrected chi connectivity index (χ4v) is 1.57. The molecule has 0 aromatic heterocycles. The van der Waals surface area contributed by atoms with E-state index in [1.54, 1.807) is 12.3 Å². The van der Waals surface area contributed by atoms with Crippen LogP contribution >= 0.6 is 11.6 Å². The highest BCUT2D eigenvalue weighted by molar-refractivity contribution is 6.31. The van der Waals surface area contributed by atoms with E-state index in [0.29, 0.717) is 16.6 Å². The van der Waals surface area contributed by atoms with Gasteiger partial charge in [0.05, 0.1) is 0 Å². The summed E-state index contributed by atoms with van der Waals surface area (Å²) in [6.45, 7) is 1.92. The van der Waals surface area contributed by atoms with Gasteiger partial charge < -0.3 is 10.6 Å². The average Bonchev–Trinajstić information content (AvgIpc) is 3.07. The fraction of sp³-hybridized carbons (Fsp3) is 0.308. The van der Waals surface area contributed by atoms with Gasteiger partial charge in [0.15, 0.2) is 0 Å². The Balaban J connectivity index is 1.86. The lowest BCUT2D eigenvalue weighted by atomic mass is 10.2. The second kappa shape index (κ2) is 5.23. The molecule has 0 aliphatic heterocycles. The predicted molar refractivity (Wildman–Crippen MR) is 70.2 cm³/mol. The van der Waals surface area contributed by atoms with Crippen molar-refractivity contribution in [2.45, 2.75) is 19.8 Å². The zero-order valence-electron chi connectivity index (χ0n) is 9.66. The number of halogens is 1. The zero-order valence-corrected chi connectivity index (χ0v) is 10.4. The minimum absolute atomic E-state index is 0.248. The highest BCUT2D eigenvalue weighted by Gasteiger charge is 2.17. The molecule has 1 saturated carbocycles. The molecule has 1 fully saturated rings. The molecule has 1 aromatic rings. The molecule has 3 nitrogen and oxygen atoms in total. The molecule has 2 rings (SSSR count). The Kier molecular flexibility index (Phi) is 3.69. The summed E-state index contributed by atoms with van der Waals surface area (Å²) in [5, 5.41) is 6.03. The van der Waals surface area contributed by atoms with Crippen LogP contribution in [0.5, 0.6) is 0 Å². The number of nitrogens with one attached hydrogen (secondary N) is 2. The van der Waals surface area contributed by atoms with Gasteiger partial charge in [-0.25, -0.2) is 4.79 Å². The first-order chi connectivity index (χ1) is 8.15. The molecule has 0 saturated heterocycles. The number of urea groups is 1. The van der Waals surface area contributed by atoms with E-state index in [0.717, 1.165) is 5.56 Å². The van der Waals surface area contributed by atoms with E-state index >= 15 is 0 Å². The van der Waals surface area contributed by atoms with E-state index in [-0.39, 0.29) is 6.03 Å². The number of hydrogen-bond acceptors (Lipinski definition) is 1. The Morgan fingerprint density at radius 3 is 2.88 bits per heavy atom. The summed E-state index contributed by atoms with van der Waals surface area (Å²) in [5.41, 5.74) is 1.68. The van der Waals surface area contributed by atoms with E-state index in [4.69, 9.17) is 11.6 Å². The summed E-state index contributed by atoms with van der Waals surface area (Å²) in [4.78, 5) is 11.5. The molecule has 2 N–H and O–H groups in total. The lowest BCUT2D eigenvalue weighted by molar-refractivity contribution is 0.255. The van der Waals surface area contributed by atoms with Gasteiger partial charge in [-0.2, -0.15) is 0 Å². The van der Waals surface area contributed by atoms with Crippen LogP contribution in [0.4, 0.5) is 10.5 Å². The Morgan fingerprint density at radius 2 is 2.24 bits per heavy atom. The van der Waals surface area contributed by atoms with Crippen LogP contribution < -0.4 is 10.6 Å². The number of amides is 2. The van der Waals surface area contributed by atoms with Gasteiger partial charge >= 0.3 is 6.03 Å². The molecular formula is C13H15ClN2O. The highest BCUT2D eigenvalue weighted by atomic mass is 35.5. The van der Waals surface area contributed by atoms with Gasteiger partial charge in [-0.3, -0.25) is 0 Å². The van der Waals surface area contributed by atoms with E-state index in [1.165, 1.54) is 12.8 Å². The first-order valence-corrected chi connectivity index (χ1v) is 6.03. The van der Waals surface area contributed by atoms with Gasteiger partial charge in [-0.05, 0) is 43.4 Å². The Morgan fingerprint density at radius 1 is 1.47 bits per heavy atom. The summed E-state index contributed by atoms with van der Waals surface area (Å²) in [7, 11) is 0. The third kappa shape index (κ3) is 3.79. The summed E-state index contributed by atoms with van der Waals surface area (Å²) >= 11 is 5.97. The van der Waals surface area contributed by atoms with Crippen molar-refractivity contribution in [1.29, 1.82) is 0 Å². The van der Waals surface area contributed by atoms with E-state index in [2.05, 4.69) is 10.6 Å². The molecule has 1 aliphatic rings. The number of allylic oxidation sites excluding steroid dienone is 1. The smallest absolute Gasteiger partial charge is 0.315 e. The molecule has 90 valence electrons. The molecule has 1 aromatic carbocycles. The standard InChI is InChI=1S/C13H15ClN2O/c1-9-2-5-11(8-12(9)14)16-13(17)15-7-6-10-3-4-10/h2,5-8,10H,3-4H2,1H3,(H2,15,16,17)/b7-6+. The van der Waals surface area contributed by atoms with Crippen LogP contribution in [0, 0.1) is 12.8 Å². The van der Waals surface area contributed by atoms with Gasteiger partial charge in [0.25, 0.3) is 0 Å². The Labute approximate surface area is 106 Å². The molecule has 0 bridgehead atoms. The molecule has 0 atom stereocenters. The van der Waals surface area contributed by atoms with E-state index < -0.39 is 0 Å². The number of anilines is 1. The lowest BCUT2D eigenvalue weighted by Gasteiger charge is -2.06. The second-order valence-electron chi connectivity index (χ2n) is 4.26. The van der Waals surface area contributed by atoms with Gasteiger partial charge in [0, 0.05) is 16.9 Å². The van der Waals surface area contributed by atoms with Crippen LogP contribution in [0.15, 0.2) is 30.5 Å². The molecule has 0 heterocycles. The minimum atomic E-state index is -0.248. The van der Waals surface area contributed by atoms with Crippen LogP contribution in [0.2, 0.25) is 5.02 Å². The first-order valence-electron chi connectivity index (χ1n) is 5.65. The molecule has 0 spiro atoms. The molecule has 17 heavy (non-hydrogen) atoms. The molecule has 0 unspecified atom stereocenters. The summed E-state index contributed by atoms with van der Waals surface area (Å²) in [6, 6.07) is 5.19. The highest BCUT2D eigenvalue weighted by Crippen LogP contribution is 2.29. The SMILES string of the molecule is Cc1ccc(NC(=O)N/C=C/C2CC2)cc1Cl. The van der Waals surface area contributed by atoms with Gasteiger partial charge in [0.1, 0.15) is 0 Å². The van der Waals surface area contributed by atoms with Crippen LogP contribution in [-0.4, -0.2) is 6.03 Å². The number of rotatable bonds is 3. The quantitative estimate of drug-likeness (QED) is 0.844. The summed E-state index contributed by atoms with van der Waals surface area (Å²) < 4.78 is 0. The van der Waals surface area contributed by atoms with Crippen molar-refractivity contribution in [3.63, 3.8) is 0 Å². The summed E-state index contributed by atoms with van der Waals surface area (Å²) in [5.74, 6) is 0.657. The molecule has 0 radical (unpaired) electrons. The van der Waals surface area contributed by atoms with E-state index in [1.807, 2.05) is 25.1 Å². The van der Waals surface area contributed by atoms with Crippen molar-refractivity contribution in [2.75, 3.05) is 5.32 Å². The first kappa shape index (κ1) is 12.0. The molecule has 1 aliphatic carbocycles. The van der Waals surface area contributed by atoms with Crippen molar-refractivity contribution in [3.05, 3.63) is 41.1 Å². The molecule has 4 heteroatoms. The predicted octanol–water partition coefficient (Wildman–Crippen LogP) is 3.69. The van der Waals surface area contributed by atoms with Gasteiger partial charge in [-0.1, -0.05) is 23.7 Å². The topological polar surface area (TPSA) is 41.1 Å². The van der Waals surface area contributed by atoms with Crippen molar-refractivity contribution in [2.24, 2.45) is 5.92 Å². The van der Waals surface area contributed by atoms with Gasteiger partial charge in [-0.15, -0.1) is 0 Å². The number of carbonyl (C=O) groups is 1. The van der Waals surface area contributed by atoms with Crippen LogP contribution in [0.1, 0.15) is 18.4 Å². The monoisotopic (exact) mass is 250 g/mol. The molecule has 2 amide bonds. The average molecular weight is 251 g/mol. The second-order valence-corrected chi connectivity index (χ2v) is 4.67. The van der Waals surface area contributed by atoms with Crippen molar-refractivity contribution < 1.29 is 4.79 Å². The number of hydrogen-bond donors (Lipinski definition) is 2. The zero-order chi connectivity index (χ0) is 12.3. The van der Waals surface area contributed by atoms with E-state index in [9.17, 15) is 4.79 Å². The van der Waals surface area contributed by atoms with Crippen LogP contribution in [0.3, 0.4) is 0 Å². The maximum Gasteiger partial charge on any atom is 0.323 e. The van der Waals surface area contributed by atoms with Crippen LogP contribution in [0.25, 0.3) is 0 Å². The Hall–Kier alpha value is -1.48. The molecular weight excluding hydrogens is 236 g/mol. The van der Waals surface area contributed by atoms with Crippen molar-refractivity contribution in [3.8, 4) is 0 Å².